The van der Waals surface area contributed by atoms with Gasteiger partial charge in [-0.05, 0) is 20.3 Å². The molecule has 6 nitrogen and oxygen atoms in total. The summed E-state index contributed by atoms with van der Waals surface area (Å²) in [5, 5.41) is 18.8. The maximum atomic E-state index is 11.5. The second-order valence-electron chi connectivity index (χ2n) is 4.18. The van der Waals surface area contributed by atoms with Gasteiger partial charge in [0.1, 0.15) is 5.75 Å². The van der Waals surface area contributed by atoms with Crippen LogP contribution in [0.3, 0.4) is 0 Å². The van der Waals surface area contributed by atoms with E-state index in [0.717, 1.165) is 0 Å². The zero-order valence-corrected chi connectivity index (χ0v) is 10.5. The quantitative estimate of drug-likeness (QED) is 0.665. The van der Waals surface area contributed by atoms with E-state index in [4.69, 9.17) is 15.6 Å². The predicted molar refractivity (Wildman–Crippen MR) is 65.1 cm³/mol. The van der Waals surface area contributed by atoms with Crippen molar-refractivity contribution in [1.29, 1.82) is 0 Å². The zero-order chi connectivity index (χ0) is 13.7. The number of esters is 1. The second kappa shape index (κ2) is 6.32. The van der Waals surface area contributed by atoms with Gasteiger partial charge in [-0.3, -0.25) is 9.78 Å². The Balaban J connectivity index is 2.78. The lowest BCUT2D eigenvalue weighted by Gasteiger charge is -2.11. The highest BCUT2D eigenvalue weighted by Gasteiger charge is 2.15. The third-order valence-electron chi connectivity index (χ3n) is 2.49. The van der Waals surface area contributed by atoms with E-state index in [1.807, 2.05) is 0 Å². The van der Waals surface area contributed by atoms with Crippen LogP contribution in [-0.4, -0.2) is 27.2 Å². The number of nitrogens with two attached hydrogens (primary N) is 1. The summed E-state index contributed by atoms with van der Waals surface area (Å²) in [6.45, 7) is 2.97. The fourth-order valence-electron chi connectivity index (χ4n) is 1.39. The summed E-state index contributed by atoms with van der Waals surface area (Å²) in [6.07, 6.45) is 2.00. The number of hydrogen-bond acceptors (Lipinski definition) is 6. The minimum atomic E-state index is -0.466. The minimum Gasteiger partial charge on any atom is -0.506 e. The molecule has 0 aromatic carbocycles. The Morgan fingerprint density at radius 3 is 2.83 bits per heavy atom. The number of aromatic hydroxyl groups is 1. The molecule has 1 heterocycles. The zero-order valence-electron chi connectivity index (χ0n) is 10.5. The summed E-state index contributed by atoms with van der Waals surface area (Å²) in [6, 6.07) is -0.0839. The van der Waals surface area contributed by atoms with Gasteiger partial charge in [-0.1, -0.05) is 0 Å². The smallest absolute Gasteiger partial charge is 0.311 e. The largest absolute Gasteiger partial charge is 0.506 e. The summed E-state index contributed by atoms with van der Waals surface area (Å²) >= 11 is 0. The Hall–Kier alpha value is -1.66. The monoisotopic (exact) mass is 254 g/mol. The van der Waals surface area contributed by atoms with Crippen LogP contribution >= 0.6 is 0 Å². The first-order chi connectivity index (χ1) is 8.45. The number of carbonyl (C=O) groups is 1. The van der Waals surface area contributed by atoms with Crippen molar-refractivity contribution in [3.05, 3.63) is 17.5 Å². The lowest BCUT2D eigenvalue weighted by molar-refractivity contribution is -0.134. The summed E-state index contributed by atoms with van der Waals surface area (Å²) in [7, 11) is 0. The number of nitrogens with zero attached hydrogens (tertiary/aromatic N) is 1. The van der Waals surface area contributed by atoms with E-state index >= 15 is 0 Å². The van der Waals surface area contributed by atoms with Crippen LogP contribution in [0.4, 0.5) is 0 Å². The highest BCUT2D eigenvalue weighted by atomic mass is 16.5. The number of aromatic nitrogens is 1. The van der Waals surface area contributed by atoms with Crippen molar-refractivity contribution in [2.24, 2.45) is 5.73 Å². The first kappa shape index (κ1) is 14.4. The van der Waals surface area contributed by atoms with Crippen molar-refractivity contribution in [2.45, 2.75) is 39.3 Å². The summed E-state index contributed by atoms with van der Waals surface area (Å²) in [5.41, 5.74) is 6.07. The lowest BCUT2D eigenvalue weighted by Crippen LogP contribution is -2.18. The van der Waals surface area contributed by atoms with Crippen molar-refractivity contribution in [3.8, 4) is 11.5 Å². The van der Waals surface area contributed by atoms with Gasteiger partial charge in [-0.25, -0.2) is 0 Å². The molecule has 0 aliphatic heterocycles. The average molecular weight is 254 g/mol. The maximum absolute atomic E-state index is 11.5. The van der Waals surface area contributed by atoms with E-state index in [2.05, 4.69) is 4.98 Å². The van der Waals surface area contributed by atoms with E-state index in [1.54, 1.807) is 13.8 Å². The Bertz CT molecular complexity index is 432. The Kier molecular flexibility index (Phi) is 5.06. The van der Waals surface area contributed by atoms with Crippen molar-refractivity contribution in [2.75, 3.05) is 0 Å². The maximum Gasteiger partial charge on any atom is 0.311 e. The molecule has 1 rings (SSSR count). The van der Waals surface area contributed by atoms with E-state index < -0.39 is 12.6 Å². The van der Waals surface area contributed by atoms with Gasteiger partial charge in [0.25, 0.3) is 0 Å². The molecule has 4 N–H and O–H groups in total. The Morgan fingerprint density at radius 1 is 1.61 bits per heavy atom. The number of aliphatic hydroxyl groups excluding tert-OH is 1. The standard InChI is InChI=1S/C12H18N2O4/c1-7(13)3-4-11(16)18-10-5-14-8(2)12(17)9(10)6-15/h5,7,15,17H,3-4,6,13H2,1-2H3. The van der Waals surface area contributed by atoms with Crippen LogP contribution in [0.2, 0.25) is 0 Å². The first-order valence-corrected chi connectivity index (χ1v) is 5.70. The molecular weight excluding hydrogens is 236 g/mol. The van der Waals surface area contributed by atoms with Crippen LogP contribution in [0, 0.1) is 6.92 Å². The second-order valence-corrected chi connectivity index (χ2v) is 4.18. The van der Waals surface area contributed by atoms with Gasteiger partial charge in [0.15, 0.2) is 5.75 Å². The fraction of sp³-hybridized carbons (Fsp3) is 0.500. The molecule has 0 fully saturated rings. The molecule has 0 spiro atoms. The van der Waals surface area contributed by atoms with E-state index in [0.29, 0.717) is 12.1 Å². The summed E-state index contributed by atoms with van der Waals surface area (Å²) in [5.74, 6) is -0.544. The van der Waals surface area contributed by atoms with Crippen LogP contribution in [-0.2, 0) is 11.4 Å². The molecule has 0 amide bonds. The lowest BCUT2D eigenvalue weighted by atomic mass is 10.2. The van der Waals surface area contributed by atoms with Crippen LogP contribution < -0.4 is 10.5 Å². The number of carbonyl (C=O) groups excluding carboxylic acids is 1. The molecule has 100 valence electrons. The highest BCUT2D eigenvalue weighted by molar-refractivity contribution is 5.73. The molecule has 1 unspecified atom stereocenters. The van der Waals surface area contributed by atoms with Gasteiger partial charge >= 0.3 is 5.97 Å². The number of hydrogen-bond donors (Lipinski definition) is 3. The minimum absolute atomic E-state index is 0.0790. The SMILES string of the molecule is Cc1ncc(OC(=O)CCC(C)N)c(CO)c1O. The van der Waals surface area contributed by atoms with Gasteiger partial charge in [0, 0.05) is 12.5 Å². The highest BCUT2D eigenvalue weighted by Crippen LogP contribution is 2.29. The van der Waals surface area contributed by atoms with Crippen molar-refractivity contribution in [1.82, 2.24) is 4.98 Å². The van der Waals surface area contributed by atoms with Gasteiger partial charge < -0.3 is 20.7 Å². The van der Waals surface area contributed by atoms with Crippen LogP contribution in [0.5, 0.6) is 11.5 Å². The predicted octanol–water partition coefficient (Wildman–Crippen LogP) is 0.621. The van der Waals surface area contributed by atoms with Gasteiger partial charge in [0.05, 0.1) is 24.1 Å². The van der Waals surface area contributed by atoms with Crippen LogP contribution in [0.25, 0.3) is 0 Å². The number of rotatable bonds is 5. The normalized spacial score (nSPS) is 12.2. The summed E-state index contributed by atoms with van der Waals surface area (Å²) in [4.78, 5) is 15.4. The van der Waals surface area contributed by atoms with Crippen LogP contribution in [0.1, 0.15) is 31.0 Å². The molecule has 1 aromatic heterocycles. The average Bonchev–Trinajstić information content (AvgIpc) is 2.32. The molecular formula is C12H18N2O4. The van der Waals surface area contributed by atoms with Crippen molar-refractivity contribution < 1.29 is 19.7 Å². The molecule has 18 heavy (non-hydrogen) atoms. The van der Waals surface area contributed by atoms with Crippen molar-refractivity contribution in [3.63, 3.8) is 0 Å². The Labute approximate surface area is 105 Å². The van der Waals surface area contributed by atoms with E-state index in [9.17, 15) is 9.90 Å². The first-order valence-electron chi connectivity index (χ1n) is 5.70. The molecule has 0 bridgehead atoms. The molecule has 0 saturated heterocycles. The van der Waals surface area contributed by atoms with Gasteiger partial charge in [0.2, 0.25) is 0 Å². The topological polar surface area (TPSA) is 106 Å². The number of aliphatic hydroxyl groups is 1. The molecule has 0 saturated carbocycles. The fourth-order valence-corrected chi connectivity index (χ4v) is 1.39. The molecule has 0 aliphatic carbocycles. The van der Waals surface area contributed by atoms with Gasteiger partial charge in [-0.15, -0.1) is 0 Å². The molecule has 1 aromatic rings. The Morgan fingerprint density at radius 2 is 2.28 bits per heavy atom. The van der Waals surface area contributed by atoms with Crippen LogP contribution in [0.15, 0.2) is 6.20 Å². The molecule has 0 aliphatic rings. The number of aryl methyl sites for hydroxylation is 1. The molecule has 1 atom stereocenters. The van der Waals surface area contributed by atoms with Crippen molar-refractivity contribution >= 4 is 5.97 Å². The molecule has 0 radical (unpaired) electrons. The van der Waals surface area contributed by atoms with Gasteiger partial charge in [-0.2, -0.15) is 0 Å². The molecule has 6 heteroatoms. The third-order valence-corrected chi connectivity index (χ3v) is 2.49. The van der Waals surface area contributed by atoms with E-state index in [-0.39, 0.29) is 29.5 Å². The van der Waals surface area contributed by atoms with E-state index in [1.165, 1.54) is 6.20 Å². The summed E-state index contributed by atoms with van der Waals surface area (Å²) < 4.78 is 5.05. The number of pyridine rings is 1. The number of ether oxygens (including phenoxy) is 1. The third kappa shape index (κ3) is 3.68.